The second kappa shape index (κ2) is 5.06. The van der Waals surface area contributed by atoms with Gasteiger partial charge in [-0.25, -0.2) is 9.97 Å². The van der Waals surface area contributed by atoms with Gasteiger partial charge >= 0.3 is 0 Å². The third-order valence-corrected chi connectivity index (χ3v) is 2.72. The van der Waals surface area contributed by atoms with E-state index in [1.165, 1.54) is 5.56 Å². The second-order valence-corrected chi connectivity index (χ2v) is 4.35. The Balaban J connectivity index is 2.26. The Hall–Kier alpha value is -1.74. The molecule has 1 heterocycles. The van der Waals surface area contributed by atoms with Crippen molar-refractivity contribution in [3.05, 3.63) is 47.8 Å². The molecule has 1 N–H and O–H groups in total. The van der Waals surface area contributed by atoms with E-state index >= 15 is 0 Å². The van der Waals surface area contributed by atoms with Crippen LogP contribution in [0.5, 0.6) is 0 Å². The maximum Gasteiger partial charge on any atom is 0.159 e. The molecular formula is C14H16N2O. The monoisotopic (exact) mass is 228 g/mol. The summed E-state index contributed by atoms with van der Waals surface area (Å²) in [6, 6.07) is 8.26. The largest absolute Gasteiger partial charge is 0.392 e. The molecule has 3 nitrogen and oxygen atoms in total. The van der Waals surface area contributed by atoms with Crippen LogP contribution in [0.1, 0.15) is 30.9 Å². The minimum absolute atomic E-state index is 0.0213. The van der Waals surface area contributed by atoms with Crippen LogP contribution in [0.25, 0.3) is 11.4 Å². The van der Waals surface area contributed by atoms with Gasteiger partial charge in [0.15, 0.2) is 5.82 Å². The maximum atomic E-state index is 8.92. The molecule has 0 fully saturated rings. The Morgan fingerprint density at radius 1 is 1.06 bits per heavy atom. The van der Waals surface area contributed by atoms with Gasteiger partial charge in [-0.1, -0.05) is 38.1 Å². The first kappa shape index (κ1) is 11.7. The normalized spacial score (nSPS) is 10.8. The number of nitrogens with zero attached hydrogens (tertiary/aromatic N) is 2. The third kappa shape index (κ3) is 2.68. The van der Waals surface area contributed by atoms with Gasteiger partial charge in [-0.2, -0.15) is 0 Å². The summed E-state index contributed by atoms with van der Waals surface area (Å²) in [6.45, 7) is 4.32. The van der Waals surface area contributed by atoms with Gasteiger partial charge in [-0.15, -0.1) is 0 Å². The molecule has 0 aliphatic rings. The average molecular weight is 228 g/mol. The Bertz CT molecular complexity index is 475. The van der Waals surface area contributed by atoms with E-state index in [9.17, 15) is 0 Å². The van der Waals surface area contributed by atoms with E-state index in [2.05, 4.69) is 35.9 Å². The first-order valence-corrected chi connectivity index (χ1v) is 5.73. The molecule has 0 saturated carbocycles. The van der Waals surface area contributed by atoms with Crippen molar-refractivity contribution in [1.82, 2.24) is 9.97 Å². The fourth-order valence-corrected chi connectivity index (χ4v) is 1.60. The number of aromatic nitrogens is 2. The van der Waals surface area contributed by atoms with E-state index in [-0.39, 0.29) is 6.61 Å². The Morgan fingerprint density at radius 2 is 1.65 bits per heavy atom. The predicted octanol–water partition coefficient (Wildman–Crippen LogP) is 2.76. The molecule has 0 spiro atoms. The van der Waals surface area contributed by atoms with Gasteiger partial charge in [-0.3, -0.25) is 0 Å². The van der Waals surface area contributed by atoms with Crippen molar-refractivity contribution >= 4 is 0 Å². The van der Waals surface area contributed by atoms with Gasteiger partial charge in [0.25, 0.3) is 0 Å². The van der Waals surface area contributed by atoms with Gasteiger partial charge in [0.05, 0.1) is 6.61 Å². The van der Waals surface area contributed by atoms with Crippen molar-refractivity contribution in [3.8, 4) is 11.4 Å². The van der Waals surface area contributed by atoms with E-state index in [0.717, 1.165) is 11.1 Å². The lowest BCUT2D eigenvalue weighted by Gasteiger charge is -2.06. The number of hydrogen-bond acceptors (Lipinski definition) is 3. The van der Waals surface area contributed by atoms with Gasteiger partial charge < -0.3 is 5.11 Å². The molecule has 0 radical (unpaired) electrons. The van der Waals surface area contributed by atoms with E-state index in [1.807, 2.05) is 12.1 Å². The summed E-state index contributed by atoms with van der Waals surface area (Å²) in [4.78, 5) is 8.45. The van der Waals surface area contributed by atoms with Crippen molar-refractivity contribution < 1.29 is 5.11 Å². The van der Waals surface area contributed by atoms with Crippen LogP contribution in [0.4, 0.5) is 0 Å². The van der Waals surface area contributed by atoms with Crippen molar-refractivity contribution in [3.63, 3.8) is 0 Å². The fourth-order valence-electron chi connectivity index (χ4n) is 1.60. The first-order valence-electron chi connectivity index (χ1n) is 5.73. The van der Waals surface area contributed by atoms with Crippen molar-refractivity contribution in [2.45, 2.75) is 26.4 Å². The molecule has 3 heteroatoms. The summed E-state index contributed by atoms with van der Waals surface area (Å²) in [5.74, 6) is 1.22. The number of benzene rings is 1. The van der Waals surface area contributed by atoms with Crippen LogP contribution >= 0.6 is 0 Å². The van der Waals surface area contributed by atoms with Crippen LogP contribution in [0.3, 0.4) is 0 Å². The lowest BCUT2D eigenvalue weighted by Crippen LogP contribution is -1.93. The molecule has 0 amide bonds. The van der Waals surface area contributed by atoms with Crippen molar-refractivity contribution in [2.24, 2.45) is 0 Å². The predicted molar refractivity (Wildman–Crippen MR) is 67.5 cm³/mol. The minimum Gasteiger partial charge on any atom is -0.392 e. The highest BCUT2D eigenvalue weighted by atomic mass is 16.3. The molecule has 2 aromatic rings. The molecule has 0 bridgehead atoms. The minimum atomic E-state index is -0.0213. The van der Waals surface area contributed by atoms with Gasteiger partial charge in [0, 0.05) is 23.5 Å². The molecule has 1 aromatic heterocycles. The number of aliphatic hydroxyl groups excluding tert-OH is 1. The molecule has 0 unspecified atom stereocenters. The van der Waals surface area contributed by atoms with Crippen LogP contribution in [0, 0.1) is 0 Å². The highest BCUT2D eigenvalue weighted by molar-refractivity contribution is 5.55. The quantitative estimate of drug-likeness (QED) is 0.878. The number of hydrogen-bond donors (Lipinski definition) is 1. The van der Waals surface area contributed by atoms with Crippen molar-refractivity contribution in [1.29, 1.82) is 0 Å². The maximum absolute atomic E-state index is 8.92. The summed E-state index contributed by atoms with van der Waals surface area (Å²) in [6.07, 6.45) is 3.30. The zero-order valence-electron chi connectivity index (χ0n) is 10.1. The van der Waals surface area contributed by atoms with Crippen molar-refractivity contribution in [2.75, 3.05) is 0 Å². The SMILES string of the molecule is CC(C)c1ccc(-c2ncc(CO)cn2)cc1. The highest BCUT2D eigenvalue weighted by Gasteiger charge is 2.03. The standard InChI is InChI=1S/C14H16N2O/c1-10(2)12-3-5-13(6-4-12)14-15-7-11(9-17)8-16-14/h3-8,10,17H,9H2,1-2H3. The fraction of sp³-hybridized carbons (Fsp3) is 0.286. The van der Waals surface area contributed by atoms with Gasteiger partial charge in [0.1, 0.15) is 0 Å². The smallest absolute Gasteiger partial charge is 0.159 e. The molecule has 88 valence electrons. The lowest BCUT2D eigenvalue weighted by molar-refractivity contribution is 0.281. The zero-order valence-corrected chi connectivity index (χ0v) is 10.1. The van der Waals surface area contributed by atoms with Crippen LogP contribution in [-0.2, 0) is 6.61 Å². The summed E-state index contributed by atoms with van der Waals surface area (Å²) in [5, 5.41) is 8.92. The van der Waals surface area contributed by atoms with E-state index in [4.69, 9.17) is 5.11 Å². The third-order valence-electron chi connectivity index (χ3n) is 2.72. The molecule has 2 rings (SSSR count). The van der Waals surface area contributed by atoms with Crippen LogP contribution in [0.15, 0.2) is 36.7 Å². The number of aliphatic hydroxyl groups is 1. The van der Waals surface area contributed by atoms with Crippen LogP contribution < -0.4 is 0 Å². The highest BCUT2D eigenvalue weighted by Crippen LogP contribution is 2.19. The lowest BCUT2D eigenvalue weighted by atomic mass is 10.0. The Morgan fingerprint density at radius 3 is 2.12 bits per heavy atom. The Kier molecular flexibility index (Phi) is 3.49. The topological polar surface area (TPSA) is 46.0 Å². The van der Waals surface area contributed by atoms with E-state index < -0.39 is 0 Å². The molecule has 1 aromatic carbocycles. The average Bonchev–Trinajstić information content (AvgIpc) is 2.39. The molecule has 0 aliphatic heterocycles. The van der Waals surface area contributed by atoms with E-state index in [0.29, 0.717) is 11.7 Å². The van der Waals surface area contributed by atoms with Gasteiger partial charge in [-0.05, 0) is 11.5 Å². The summed E-state index contributed by atoms with van der Waals surface area (Å²) < 4.78 is 0. The zero-order chi connectivity index (χ0) is 12.3. The molecular weight excluding hydrogens is 212 g/mol. The van der Waals surface area contributed by atoms with Crippen LogP contribution in [-0.4, -0.2) is 15.1 Å². The molecule has 0 saturated heterocycles. The van der Waals surface area contributed by atoms with E-state index in [1.54, 1.807) is 12.4 Å². The summed E-state index contributed by atoms with van der Waals surface area (Å²) >= 11 is 0. The van der Waals surface area contributed by atoms with Gasteiger partial charge in [0.2, 0.25) is 0 Å². The molecule has 17 heavy (non-hydrogen) atoms. The molecule has 0 atom stereocenters. The van der Waals surface area contributed by atoms with Crippen LogP contribution in [0.2, 0.25) is 0 Å². The number of rotatable bonds is 3. The summed E-state index contributed by atoms with van der Waals surface area (Å²) in [7, 11) is 0. The first-order chi connectivity index (χ1) is 8.20. The summed E-state index contributed by atoms with van der Waals surface area (Å²) in [5.41, 5.74) is 3.03. The second-order valence-electron chi connectivity index (χ2n) is 4.35. The molecule has 0 aliphatic carbocycles. The Labute approximate surface area is 101 Å².